The molecule has 0 unspecified atom stereocenters. The van der Waals surface area contributed by atoms with Gasteiger partial charge >= 0.3 is 0 Å². The van der Waals surface area contributed by atoms with Crippen molar-refractivity contribution in [2.75, 3.05) is 19.8 Å². The lowest BCUT2D eigenvalue weighted by Crippen LogP contribution is -2.13. The molecule has 0 aliphatic rings. The maximum Gasteiger partial charge on any atom is 0.0645 e. The zero-order chi connectivity index (χ0) is 14.2. The molecule has 20 heavy (non-hydrogen) atoms. The summed E-state index contributed by atoms with van der Waals surface area (Å²) in [6.45, 7) is 8.91. The molecule has 0 amide bonds. The highest BCUT2D eigenvalue weighted by atomic mass is 16.5. The second-order valence-electron chi connectivity index (χ2n) is 5.15. The Morgan fingerprint density at radius 3 is 2.75 bits per heavy atom. The fourth-order valence-electron chi connectivity index (χ4n) is 2.46. The van der Waals surface area contributed by atoms with Crippen molar-refractivity contribution >= 4 is 10.9 Å². The second-order valence-corrected chi connectivity index (χ2v) is 5.15. The lowest BCUT2D eigenvalue weighted by atomic mass is 10.2. The fraction of sp³-hybridized carbons (Fsp3) is 0.529. The first kappa shape index (κ1) is 15.1. The number of fused-ring (bicyclic) bond motifs is 1. The third-order valence-electron chi connectivity index (χ3n) is 3.44. The number of rotatable bonds is 9. The summed E-state index contributed by atoms with van der Waals surface area (Å²) in [7, 11) is 0. The van der Waals surface area contributed by atoms with Gasteiger partial charge in [0.1, 0.15) is 0 Å². The third-order valence-corrected chi connectivity index (χ3v) is 3.44. The van der Waals surface area contributed by atoms with Gasteiger partial charge in [0.15, 0.2) is 0 Å². The lowest BCUT2D eigenvalue weighted by molar-refractivity contribution is 0.127. The summed E-state index contributed by atoms with van der Waals surface area (Å²) in [4.78, 5) is 0. The Morgan fingerprint density at radius 1 is 1.10 bits per heavy atom. The Hall–Kier alpha value is -1.32. The molecule has 0 saturated carbocycles. The third kappa shape index (κ3) is 3.84. The maximum atomic E-state index is 5.61. The Bertz CT molecular complexity index is 519. The fourth-order valence-corrected chi connectivity index (χ4v) is 2.46. The van der Waals surface area contributed by atoms with Crippen LogP contribution in [0.1, 0.15) is 32.3 Å². The minimum atomic E-state index is 0.786. The Morgan fingerprint density at radius 2 is 1.95 bits per heavy atom. The standard InChI is InChI=1S/C17H26N2O/c1-3-9-18-13-15-14-19(10-12-20-11-4-2)17-8-6-5-7-16(15)17/h5-8,14,18H,3-4,9-13H2,1-2H3. The van der Waals surface area contributed by atoms with Crippen LogP contribution in [0, 0.1) is 0 Å². The molecule has 2 aromatic rings. The molecule has 0 fully saturated rings. The van der Waals surface area contributed by atoms with E-state index in [9.17, 15) is 0 Å². The minimum Gasteiger partial charge on any atom is -0.380 e. The number of ether oxygens (including phenoxy) is 1. The zero-order valence-electron chi connectivity index (χ0n) is 12.7. The molecule has 1 aromatic carbocycles. The molecule has 3 heteroatoms. The predicted octanol–water partition coefficient (Wildman–Crippen LogP) is 3.57. The average Bonchev–Trinajstić information content (AvgIpc) is 2.83. The normalized spacial score (nSPS) is 11.3. The van der Waals surface area contributed by atoms with Gasteiger partial charge in [-0.05, 0) is 31.0 Å². The molecule has 0 radical (unpaired) electrons. The van der Waals surface area contributed by atoms with Gasteiger partial charge in [0.2, 0.25) is 0 Å². The van der Waals surface area contributed by atoms with Crippen molar-refractivity contribution in [2.45, 2.75) is 39.8 Å². The molecular formula is C17H26N2O. The Balaban J connectivity index is 2.09. The number of benzene rings is 1. The van der Waals surface area contributed by atoms with E-state index in [-0.39, 0.29) is 0 Å². The van der Waals surface area contributed by atoms with Gasteiger partial charge in [-0.25, -0.2) is 0 Å². The van der Waals surface area contributed by atoms with Gasteiger partial charge in [-0.1, -0.05) is 32.0 Å². The molecule has 0 atom stereocenters. The largest absolute Gasteiger partial charge is 0.380 e. The Kier molecular flexibility index (Phi) is 6.09. The Labute approximate surface area is 121 Å². The SMILES string of the molecule is CCCNCc1cn(CCOCCC)c2ccccc12. The summed E-state index contributed by atoms with van der Waals surface area (Å²) in [5.41, 5.74) is 2.69. The number of aromatic nitrogens is 1. The van der Waals surface area contributed by atoms with Crippen LogP contribution in [-0.2, 0) is 17.8 Å². The molecule has 2 rings (SSSR count). The highest BCUT2D eigenvalue weighted by Gasteiger charge is 2.07. The smallest absolute Gasteiger partial charge is 0.0645 e. The van der Waals surface area contributed by atoms with Crippen molar-refractivity contribution in [1.82, 2.24) is 9.88 Å². The summed E-state index contributed by atoms with van der Waals surface area (Å²) in [6, 6.07) is 8.62. The van der Waals surface area contributed by atoms with E-state index < -0.39 is 0 Å². The van der Waals surface area contributed by atoms with Gasteiger partial charge < -0.3 is 14.6 Å². The summed E-state index contributed by atoms with van der Waals surface area (Å²) in [5, 5.41) is 4.84. The van der Waals surface area contributed by atoms with Crippen LogP contribution >= 0.6 is 0 Å². The maximum absolute atomic E-state index is 5.61. The van der Waals surface area contributed by atoms with Crippen molar-refractivity contribution in [3.8, 4) is 0 Å². The van der Waals surface area contributed by atoms with Crippen molar-refractivity contribution in [3.63, 3.8) is 0 Å². The molecule has 0 bridgehead atoms. The van der Waals surface area contributed by atoms with Crippen LogP contribution in [0.15, 0.2) is 30.5 Å². The van der Waals surface area contributed by atoms with Crippen LogP contribution in [0.5, 0.6) is 0 Å². The quantitative estimate of drug-likeness (QED) is 0.708. The second kappa shape index (κ2) is 8.08. The van der Waals surface area contributed by atoms with E-state index in [0.29, 0.717) is 0 Å². The van der Waals surface area contributed by atoms with E-state index in [1.54, 1.807) is 0 Å². The molecule has 1 N–H and O–H groups in total. The summed E-state index contributed by atoms with van der Waals surface area (Å²) >= 11 is 0. The van der Waals surface area contributed by atoms with E-state index >= 15 is 0 Å². The highest BCUT2D eigenvalue weighted by molar-refractivity contribution is 5.83. The van der Waals surface area contributed by atoms with E-state index in [1.807, 2.05) is 0 Å². The predicted molar refractivity (Wildman–Crippen MR) is 85.0 cm³/mol. The molecular weight excluding hydrogens is 248 g/mol. The van der Waals surface area contributed by atoms with Crippen molar-refractivity contribution < 1.29 is 4.74 Å². The monoisotopic (exact) mass is 274 g/mol. The van der Waals surface area contributed by atoms with Crippen molar-refractivity contribution in [2.24, 2.45) is 0 Å². The zero-order valence-corrected chi connectivity index (χ0v) is 12.7. The molecule has 0 spiro atoms. The molecule has 0 saturated heterocycles. The number of para-hydroxylation sites is 1. The molecule has 110 valence electrons. The number of nitrogens with one attached hydrogen (secondary N) is 1. The van der Waals surface area contributed by atoms with Crippen molar-refractivity contribution in [3.05, 3.63) is 36.0 Å². The van der Waals surface area contributed by atoms with Crippen LogP contribution in [-0.4, -0.2) is 24.3 Å². The summed E-state index contributed by atoms with van der Waals surface area (Å²) < 4.78 is 7.92. The van der Waals surface area contributed by atoms with Crippen LogP contribution in [0.25, 0.3) is 10.9 Å². The summed E-state index contributed by atoms with van der Waals surface area (Å²) in [5.74, 6) is 0. The lowest BCUT2D eigenvalue weighted by Gasteiger charge is -2.05. The number of hydrogen-bond acceptors (Lipinski definition) is 2. The molecule has 1 aromatic heterocycles. The first-order valence-electron chi connectivity index (χ1n) is 7.72. The van der Waals surface area contributed by atoms with Gasteiger partial charge in [-0.2, -0.15) is 0 Å². The van der Waals surface area contributed by atoms with E-state index in [1.165, 1.54) is 22.9 Å². The van der Waals surface area contributed by atoms with E-state index in [4.69, 9.17) is 4.74 Å². The molecule has 1 heterocycles. The summed E-state index contributed by atoms with van der Waals surface area (Å²) in [6.07, 6.45) is 4.52. The van der Waals surface area contributed by atoms with Crippen LogP contribution < -0.4 is 5.32 Å². The molecule has 0 aliphatic carbocycles. The molecule has 0 aliphatic heterocycles. The van der Waals surface area contributed by atoms with Crippen LogP contribution in [0.2, 0.25) is 0 Å². The first-order chi connectivity index (χ1) is 9.86. The molecule has 3 nitrogen and oxygen atoms in total. The average molecular weight is 274 g/mol. The van der Waals surface area contributed by atoms with E-state index in [0.717, 1.165) is 39.3 Å². The van der Waals surface area contributed by atoms with Gasteiger partial charge in [-0.3, -0.25) is 0 Å². The van der Waals surface area contributed by atoms with Gasteiger partial charge in [0, 0.05) is 36.8 Å². The van der Waals surface area contributed by atoms with Crippen LogP contribution in [0.3, 0.4) is 0 Å². The highest BCUT2D eigenvalue weighted by Crippen LogP contribution is 2.21. The first-order valence-corrected chi connectivity index (χ1v) is 7.72. The minimum absolute atomic E-state index is 0.786. The number of hydrogen-bond donors (Lipinski definition) is 1. The van der Waals surface area contributed by atoms with Crippen molar-refractivity contribution in [1.29, 1.82) is 0 Å². The van der Waals surface area contributed by atoms with Gasteiger partial charge in [-0.15, -0.1) is 0 Å². The van der Waals surface area contributed by atoms with Gasteiger partial charge in [0.05, 0.1) is 6.61 Å². The van der Waals surface area contributed by atoms with Crippen LogP contribution in [0.4, 0.5) is 0 Å². The number of nitrogens with zero attached hydrogens (tertiary/aromatic N) is 1. The topological polar surface area (TPSA) is 26.2 Å². The van der Waals surface area contributed by atoms with Gasteiger partial charge in [0.25, 0.3) is 0 Å². The van der Waals surface area contributed by atoms with E-state index in [2.05, 4.69) is 54.2 Å².